The summed E-state index contributed by atoms with van der Waals surface area (Å²) < 4.78 is 38.6. The van der Waals surface area contributed by atoms with Crippen molar-refractivity contribution in [3.8, 4) is 0 Å². The summed E-state index contributed by atoms with van der Waals surface area (Å²) in [6.45, 7) is 1.41. The number of piperidine rings is 1. The lowest BCUT2D eigenvalue weighted by molar-refractivity contribution is -0.137. The number of alkyl halides is 3. The number of likely N-dealkylation sites (tertiary alicyclic amines) is 1. The van der Waals surface area contributed by atoms with Crippen molar-refractivity contribution in [1.82, 2.24) is 9.88 Å². The third kappa shape index (κ3) is 4.27. The Labute approximate surface area is 154 Å². The van der Waals surface area contributed by atoms with Gasteiger partial charge in [0.1, 0.15) is 0 Å². The smallest absolute Gasteiger partial charge is 0.353 e. The van der Waals surface area contributed by atoms with Gasteiger partial charge < -0.3 is 10.2 Å². The van der Waals surface area contributed by atoms with Crippen molar-refractivity contribution >= 4 is 28.9 Å². The van der Waals surface area contributed by atoms with E-state index < -0.39 is 11.7 Å². The maximum absolute atomic E-state index is 12.9. The van der Waals surface area contributed by atoms with E-state index in [-0.39, 0.29) is 16.6 Å². The molecule has 1 aliphatic rings. The molecule has 1 aromatic heterocycles. The molecule has 2 aromatic rings. The number of halogens is 4. The number of nitrogens with one attached hydrogen (secondary N) is 1. The number of carbonyl (C=O) groups excluding carboxylic acids is 1. The number of carbonyl (C=O) groups is 1. The molecule has 0 saturated carbocycles. The van der Waals surface area contributed by atoms with E-state index in [1.807, 2.05) is 0 Å². The van der Waals surface area contributed by atoms with E-state index in [1.165, 1.54) is 18.5 Å². The SMILES string of the molecule is O=C(c1cncc(Nc2cc(C(F)(F)F)ccc2Cl)c1)N1CCCCC1. The molecule has 26 heavy (non-hydrogen) atoms. The fourth-order valence-corrected chi connectivity index (χ4v) is 3.02. The van der Waals surface area contributed by atoms with Crippen LogP contribution in [0.4, 0.5) is 24.5 Å². The Hall–Kier alpha value is -2.28. The molecule has 1 aliphatic heterocycles. The van der Waals surface area contributed by atoms with Crippen LogP contribution < -0.4 is 5.32 Å². The second-order valence-corrected chi connectivity index (χ2v) is 6.54. The standard InChI is InChI=1S/C18H17ClF3N3O/c19-15-5-4-13(18(20,21)22)9-16(15)24-14-8-12(10-23-11-14)17(26)25-6-2-1-3-7-25/h4-5,8-11,24H,1-3,6-7H2. The minimum Gasteiger partial charge on any atom is -0.353 e. The molecule has 138 valence electrons. The lowest BCUT2D eigenvalue weighted by Crippen LogP contribution is -2.35. The highest BCUT2D eigenvalue weighted by Gasteiger charge is 2.31. The summed E-state index contributed by atoms with van der Waals surface area (Å²) >= 11 is 5.99. The Balaban J connectivity index is 1.82. The van der Waals surface area contributed by atoms with Gasteiger partial charge in [-0.15, -0.1) is 0 Å². The zero-order chi connectivity index (χ0) is 18.7. The van der Waals surface area contributed by atoms with Crippen molar-refractivity contribution < 1.29 is 18.0 Å². The van der Waals surface area contributed by atoms with E-state index in [0.717, 1.165) is 31.4 Å². The molecule has 0 unspecified atom stereocenters. The van der Waals surface area contributed by atoms with E-state index >= 15 is 0 Å². The molecule has 0 bridgehead atoms. The average Bonchev–Trinajstić information content (AvgIpc) is 2.63. The van der Waals surface area contributed by atoms with Crippen LogP contribution in [0, 0.1) is 0 Å². The summed E-state index contributed by atoms with van der Waals surface area (Å²) in [4.78, 5) is 18.3. The highest BCUT2D eigenvalue weighted by atomic mass is 35.5. The van der Waals surface area contributed by atoms with Crippen LogP contribution in [0.5, 0.6) is 0 Å². The molecule has 0 aliphatic carbocycles. The molecule has 0 spiro atoms. The highest BCUT2D eigenvalue weighted by Crippen LogP contribution is 2.35. The maximum Gasteiger partial charge on any atom is 0.416 e. The molecule has 0 atom stereocenters. The summed E-state index contributed by atoms with van der Waals surface area (Å²) in [5.41, 5.74) is 0.0813. The van der Waals surface area contributed by atoms with Crippen molar-refractivity contribution in [2.45, 2.75) is 25.4 Å². The van der Waals surface area contributed by atoms with Gasteiger partial charge in [0.2, 0.25) is 0 Å². The molecule has 1 fully saturated rings. The number of amides is 1. The van der Waals surface area contributed by atoms with E-state index in [4.69, 9.17) is 11.6 Å². The van der Waals surface area contributed by atoms with Gasteiger partial charge in [-0.05, 0) is 43.5 Å². The summed E-state index contributed by atoms with van der Waals surface area (Å²) in [6.07, 6.45) is 1.47. The van der Waals surface area contributed by atoms with Gasteiger partial charge in [0, 0.05) is 19.3 Å². The summed E-state index contributed by atoms with van der Waals surface area (Å²) in [6, 6.07) is 4.60. The Morgan fingerprint density at radius 1 is 1.12 bits per heavy atom. The maximum atomic E-state index is 12.9. The first-order valence-corrected chi connectivity index (χ1v) is 8.60. The third-order valence-electron chi connectivity index (χ3n) is 4.20. The number of hydrogen-bond donors (Lipinski definition) is 1. The first-order valence-electron chi connectivity index (χ1n) is 8.23. The van der Waals surface area contributed by atoms with Crippen LogP contribution in [0.25, 0.3) is 0 Å². The van der Waals surface area contributed by atoms with Crippen LogP contribution in [0.2, 0.25) is 5.02 Å². The number of pyridine rings is 1. The summed E-state index contributed by atoms with van der Waals surface area (Å²) in [7, 11) is 0. The molecule has 1 amide bonds. The molecule has 0 radical (unpaired) electrons. The van der Waals surface area contributed by atoms with E-state index in [1.54, 1.807) is 11.0 Å². The predicted octanol–water partition coefficient (Wildman–Crippen LogP) is 5.12. The van der Waals surface area contributed by atoms with Crippen LogP contribution in [0.3, 0.4) is 0 Å². The van der Waals surface area contributed by atoms with Gasteiger partial charge in [0.25, 0.3) is 5.91 Å². The van der Waals surface area contributed by atoms with Gasteiger partial charge in [0.15, 0.2) is 0 Å². The second kappa shape index (κ2) is 7.53. The van der Waals surface area contributed by atoms with Gasteiger partial charge in [-0.1, -0.05) is 11.6 Å². The van der Waals surface area contributed by atoms with Crippen LogP contribution in [-0.2, 0) is 6.18 Å². The van der Waals surface area contributed by atoms with E-state index in [9.17, 15) is 18.0 Å². The zero-order valence-corrected chi connectivity index (χ0v) is 14.6. The minimum absolute atomic E-state index is 0.103. The molecule has 8 heteroatoms. The largest absolute Gasteiger partial charge is 0.416 e. The van der Waals surface area contributed by atoms with Crippen molar-refractivity contribution in [2.24, 2.45) is 0 Å². The molecular formula is C18H17ClF3N3O. The number of benzene rings is 1. The first-order chi connectivity index (χ1) is 12.3. The number of hydrogen-bond acceptors (Lipinski definition) is 3. The van der Waals surface area contributed by atoms with Crippen LogP contribution >= 0.6 is 11.6 Å². The van der Waals surface area contributed by atoms with Gasteiger partial charge in [-0.2, -0.15) is 13.2 Å². The molecule has 1 aromatic carbocycles. The number of anilines is 2. The molecule has 4 nitrogen and oxygen atoms in total. The van der Waals surface area contributed by atoms with Gasteiger partial charge in [0.05, 0.1) is 33.7 Å². The minimum atomic E-state index is -4.47. The molecular weight excluding hydrogens is 367 g/mol. The summed E-state index contributed by atoms with van der Waals surface area (Å²) in [5.74, 6) is -0.129. The predicted molar refractivity (Wildman–Crippen MR) is 93.7 cm³/mol. The van der Waals surface area contributed by atoms with Crippen molar-refractivity contribution in [1.29, 1.82) is 0 Å². The van der Waals surface area contributed by atoms with Crippen molar-refractivity contribution in [3.05, 3.63) is 52.8 Å². The lowest BCUT2D eigenvalue weighted by Gasteiger charge is -2.26. The Bertz CT molecular complexity index is 805. The average molecular weight is 384 g/mol. The number of aromatic nitrogens is 1. The molecule has 3 rings (SSSR count). The van der Waals surface area contributed by atoms with Crippen LogP contribution in [-0.4, -0.2) is 28.9 Å². The third-order valence-corrected chi connectivity index (χ3v) is 4.53. The van der Waals surface area contributed by atoms with Crippen molar-refractivity contribution in [2.75, 3.05) is 18.4 Å². The Morgan fingerprint density at radius 2 is 1.85 bits per heavy atom. The van der Waals surface area contributed by atoms with Crippen LogP contribution in [0.15, 0.2) is 36.7 Å². The number of rotatable bonds is 3. The van der Waals surface area contributed by atoms with Crippen molar-refractivity contribution in [3.63, 3.8) is 0 Å². The van der Waals surface area contributed by atoms with Gasteiger partial charge in [-0.25, -0.2) is 0 Å². The van der Waals surface area contributed by atoms with Gasteiger partial charge in [-0.3, -0.25) is 9.78 Å². The monoisotopic (exact) mass is 383 g/mol. The second-order valence-electron chi connectivity index (χ2n) is 6.13. The molecule has 1 saturated heterocycles. The number of nitrogens with zero attached hydrogens (tertiary/aromatic N) is 2. The molecule has 2 heterocycles. The fraction of sp³-hybridized carbons (Fsp3) is 0.333. The first kappa shape index (κ1) is 18.5. The quantitative estimate of drug-likeness (QED) is 0.799. The van der Waals surface area contributed by atoms with E-state index in [0.29, 0.717) is 24.3 Å². The lowest BCUT2D eigenvalue weighted by atomic mass is 10.1. The molecule has 1 N–H and O–H groups in total. The normalized spacial score (nSPS) is 15.0. The Morgan fingerprint density at radius 3 is 2.54 bits per heavy atom. The van der Waals surface area contributed by atoms with Crippen LogP contribution in [0.1, 0.15) is 35.2 Å². The highest BCUT2D eigenvalue weighted by molar-refractivity contribution is 6.33. The fourth-order valence-electron chi connectivity index (χ4n) is 2.86. The van der Waals surface area contributed by atoms with E-state index in [2.05, 4.69) is 10.3 Å². The van der Waals surface area contributed by atoms with Gasteiger partial charge >= 0.3 is 6.18 Å². The topological polar surface area (TPSA) is 45.2 Å². The Kier molecular flexibility index (Phi) is 5.36. The zero-order valence-electron chi connectivity index (χ0n) is 13.8. The summed E-state index contributed by atoms with van der Waals surface area (Å²) in [5, 5.41) is 2.96.